The summed E-state index contributed by atoms with van der Waals surface area (Å²) in [5.41, 5.74) is -0.409. The zero-order valence-electron chi connectivity index (χ0n) is 16.9. The maximum Gasteiger partial charge on any atom is 0.345 e. The maximum absolute atomic E-state index is 13.4. The van der Waals surface area contributed by atoms with Crippen molar-refractivity contribution in [1.82, 2.24) is 9.29 Å². The van der Waals surface area contributed by atoms with Crippen LogP contribution < -0.4 is 5.32 Å². The molecule has 0 saturated carbocycles. The lowest BCUT2D eigenvalue weighted by Crippen LogP contribution is -2.41. The van der Waals surface area contributed by atoms with E-state index < -0.39 is 27.5 Å². The van der Waals surface area contributed by atoms with Gasteiger partial charge in [0.25, 0.3) is 5.91 Å². The van der Waals surface area contributed by atoms with E-state index in [0.29, 0.717) is 5.01 Å². The molecule has 0 saturated heterocycles. The molecule has 2 aromatic rings. The molecule has 0 aliphatic carbocycles. The van der Waals surface area contributed by atoms with Gasteiger partial charge in [-0.15, -0.1) is 15.7 Å². The Morgan fingerprint density at radius 2 is 2.10 bits per heavy atom. The van der Waals surface area contributed by atoms with Crippen LogP contribution in [0.15, 0.2) is 45.9 Å². The Bertz CT molecular complexity index is 1140. The van der Waals surface area contributed by atoms with Gasteiger partial charge in [0.1, 0.15) is 22.2 Å². The van der Waals surface area contributed by atoms with Crippen LogP contribution in [0.2, 0.25) is 5.02 Å². The number of carbonyl (C=O) groups excluding carboxylic acids is 1. The van der Waals surface area contributed by atoms with Crippen molar-refractivity contribution in [1.29, 1.82) is 0 Å². The van der Waals surface area contributed by atoms with Gasteiger partial charge in [-0.2, -0.15) is 8.42 Å². The van der Waals surface area contributed by atoms with E-state index in [-0.39, 0.29) is 35.3 Å². The fraction of sp³-hybridized carbons (Fsp3) is 0.316. The number of ether oxygens (including phenoxy) is 1. The first-order chi connectivity index (χ1) is 14.5. The number of benzene rings is 1. The quantitative estimate of drug-likeness (QED) is 0.672. The Morgan fingerprint density at radius 3 is 2.71 bits per heavy atom. The van der Waals surface area contributed by atoms with E-state index >= 15 is 0 Å². The number of nitrogens with zero attached hydrogens (tertiary/aromatic N) is 3. The third kappa shape index (κ3) is 5.88. The van der Waals surface area contributed by atoms with E-state index in [1.807, 2.05) is 20.8 Å². The van der Waals surface area contributed by atoms with Crippen LogP contribution in [0.4, 0.5) is 10.1 Å². The van der Waals surface area contributed by atoms with Gasteiger partial charge in [0.2, 0.25) is 0 Å². The van der Waals surface area contributed by atoms with Gasteiger partial charge in [0, 0.05) is 17.3 Å². The van der Waals surface area contributed by atoms with E-state index in [1.54, 1.807) is 5.38 Å². The second-order valence-corrected chi connectivity index (χ2v) is 10.3. The van der Waals surface area contributed by atoms with Crippen LogP contribution in [0.1, 0.15) is 25.8 Å². The Labute approximate surface area is 188 Å². The summed E-state index contributed by atoms with van der Waals surface area (Å²) in [7, 11) is -4.23. The highest BCUT2D eigenvalue weighted by Crippen LogP contribution is 2.25. The normalized spacial score (nSPS) is 16.0. The number of rotatable bonds is 6. The average Bonchev–Trinajstić information content (AvgIpc) is 3.19. The average molecular weight is 487 g/mol. The number of aromatic nitrogens is 1. The summed E-state index contributed by atoms with van der Waals surface area (Å²) in [6, 6.07) is 3.65. The highest BCUT2D eigenvalue weighted by atomic mass is 35.5. The van der Waals surface area contributed by atoms with Crippen LogP contribution in [0, 0.1) is 5.82 Å². The Hall–Kier alpha value is -2.34. The molecule has 2 heterocycles. The van der Waals surface area contributed by atoms with Crippen molar-refractivity contribution in [3.63, 3.8) is 0 Å². The number of thiazole rings is 1. The summed E-state index contributed by atoms with van der Waals surface area (Å²) in [6.45, 7) is 5.41. The molecule has 1 aromatic carbocycles. The van der Waals surface area contributed by atoms with Crippen LogP contribution in [0.5, 0.6) is 0 Å². The van der Waals surface area contributed by atoms with Gasteiger partial charge in [0.15, 0.2) is 0 Å². The van der Waals surface area contributed by atoms with Gasteiger partial charge < -0.3 is 10.1 Å². The van der Waals surface area contributed by atoms with Gasteiger partial charge >= 0.3 is 10.2 Å². The lowest BCUT2D eigenvalue weighted by Gasteiger charge is -2.28. The van der Waals surface area contributed by atoms with Crippen molar-refractivity contribution >= 4 is 50.5 Å². The standard InChI is InChI=1S/C19H20ClFN4O4S2/c1-19(2,3)29-8-7-25-16(17(26)23-12-4-5-14(21)13(20)10-12)11-15(24-31(25,27)28)18-22-6-9-30-18/h4-6,9-11H,7-8H2,1-3H3,(H,23,26). The van der Waals surface area contributed by atoms with Gasteiger partial charge in [-0.25, -0.2) is 13.7 Å². The zero-order valence-corrected chi connectivity index (χ0v) is 19.3. The number of hydrogen-bond acceptors (Lipinski definition) is 6. The number of anilines is 1. The van der Waals surface area contributed by atoms with Gasteiger partial charge in [0.05, 0.1) is 23.8 Å². The van der Waals surface area contributed by atoms with Crippen LogP contribution >= 0.6 is 22.9 Å². The Morgan fingerprint density at radius 1 is 1.35 bits per heavy atom. The Balaban J connectivity index is 1.93. The van der Waals surface area contributed by atoms with Gasteiger partial charge in [-0.1, -0.05) is 11.6 Å². The first-order valence-corrected chi connectivity index (χ1v) is 11.8. The summed E-state index contributed by atoms with van der Waals surface area (Å²) in [5.74, 6) is -1.37. The summed E-state index contributed by atoms with van der Waals surface area (Å²) in [4.78, 5) is 17.1. The fourth-order valence-corrected chi connectivity index (χ4v) is 4.61. The molecule has 166 valence electrons. The molecule has 0 radical (unpaired) electrons. The van der Waals surface area contributed by atoms with E-state index in [9.17, 15) is 17.6 Å². The van der Waals surface area contributed by atoms with Crippen LogP contribution in [-0.4, -0.2) is 48.1 Å². The third-order valence-electron chi connectivity index (χ3n) is 3.93. The van der Waals surface area contributed by atoms with Crippen LogP contribution in [-0.2, 0) is 19.7 Å². The molecular formula is C19H20ClFN4O4S2. The largest absolute Gasteiger partial charge is 0.374 e. The van der Waals surface area contributed by atoms with E-state index in [4.69, 9.17) is 16.3 Å². The molecule has 31 heavy (non-hydrogen) atoms. The zero-order chi connectivity index (χ0) is 22.8. The minimum atomic E-state index is -4.23. The third-order valence-corrected chi connectivity index (χ3v) is 6.37. The number of nitrogens with one attached hydrogen (secondary N) is 1. The van der Waals surface area contributed by atoms with Crippen molar-refractivity contribution in [2.24, 2.45) is 4.40 Å². The highest BCUT2D eigenvalue weighted by molar-refractivity contribution is 7.88. The molecule has 1 aromatic heterocycles. The van der Waals surface area contributed by atoms with Gasteiger partial charge in [-0.3, -0.25) is 4.79 Å². The van der Waals surface area contributed by atoms with Crippen LogP contribution in [0.25, 0.3) is 0 Å². The predicted molar refractivity (Wildman–Crippen MR) is 118 cm³/mol. The molecule has 1 aliphatic heterocycles. The molecule has 1 N–H and O–H groups in total. The molecule has 0 unspecified atom stereocenters. The van der Waals surface area contributed by atoms with Gasteiger partial charge in [-0.05, 0) is 45.0 Å². The fourth-order valence-electron chi connectivity index (χ4n) is 2.59. The molecule has 1 aliphatic rings. The molecular weight excluding hydrogens is 467 g/mol. The monoisotopic (exact) mass is 486 g/mol. The number of halogens is 2. The van der Waals surface area contributed by atoms with Crippen molar-refractivity contribution in [2.75, 3.05) is 18.5 Å². The topological polar surface area (TPSA) is 101 Å². The molecule has 0 bridgehead atoms. The number of hydrogen-bond donors (Lipinski definition) is 1. The molecule has 0 spiro atoms. The molecule has 0 fully saturated rings. The molecule has 3 rings (SSSR count). The maximum atomic E-state index is 13.4. The van der Waals surface area contributed by atoms with Crippen LogP contribution in [0.3, 0.4) is 0 Å². The van der Waals surface area contributed by atoms with Crippen molar-refractivity contribution in [3.05, 3.63) is 57.4 Å². The van der Waals surface area contributed by atoms with Crippen molar-refractivity contribution < 1.29 is 22.3 Å². The SMILES string of the molecule is CC(C)(C)OCCN1C(C(=O)Nc2ccc(F)c(Cl)c2)=CC(c2nccs2)=NS1(=O)=O. The molecule has 1 amide bonds. The van der Waals surface area contributed by atoms with Crippen molar-refractivity contribution in [3.8, 4) is 0 Å². The molecule has 0 atom stereocenters. The summed E-state index contributed by atoms with van der Waals surface area (Å²) >= 11 is 6.96. The number of allylic oxidation sites excluding steroid dienone is 1. The smallest absolute Gasteiger partial charge is 0.345 e. The van der Waals surface area contributed by atoms with E-state index in [1.165, 1.54) is 35.7 Å². The second-order valence-electron chi connectivity index (χ2n) is 7.44. The number of amides is 1. The highest BCUT2D eigenvalue weighted by Gasteiger charge is 2.34. The molecule has 12 heteroatoms. The summed E-state index contributed by atoms with van der Waals surface area (Å²) in [5, 5.41) is 4.39. The predicted octanol–water partition coefficient (Wildman–Crippen LogP) is 3.62. The molecule has 8 nitrogen and oxygen atoms in total. The Kier molecular flexibility index (Phi) is 6.79. The second kappa shape index (κ2) is 9.03. The number of carbonyl (C=O) groups is 1. The first kappa shape index (κ1) is 23.3. The van der Waals surface area contributed by atoms with E-state index in [2.05, 4.69) is 14.7 Å². The minimum absolute atomic E-state index is 0.0395. The lowest BCUT2D eigenvalue weighted by atomic mass is 10.2. The minimum Gasteiger partial charge on any atom is -0.374 e. The van der Waals surface area contributed by atoms with Crippen molar-refractivity contribution in [2.45, 2.75) is 26.4 Å². The summed E-state index contributed by atoms with van der Waals surface area (Å²) < 4.78 is 49.5. The summed E-state index contributed by atoms with van der Waals surface area (Å²) in [6.07, 6.45) is 2.85. The lowest BCUT2D eigenvalue weighted by molar-refractivity contribution is -0.113. The van der Waals surface area contributed by atoms with E-state index in [0.717, 1.165) is 10.4 Å². The first-order valence-electron chi connectivity index (χ1n) is 9.11.